The molecule has 34 heavy (non-hydrogen) atoms. The summed E-state index contributed by atoms with van der Waals surface area (Å²) in [5.41, 5.74) is 1.44. The average Bonchev–Trinajstić information content (AvgIpc) is 2.85. The van der Waals surface area contributed by atoms with Crippen LogP contribution in [0.15, 0.2) is 38.2 Å². The second-order valence-corrected chi connectivity index (χ2v) is 12.4. The topological polar surface area (TPSA) is 46.3 Å². The third-order valence-corrected chi connectivity index (χ3v) is 9.96. The van der Waals surface area contributed by atoms with E-state index in [1.807, 2.05) is 0 Å². The molecule has 0 saturated heterocycles. The number of rotatable bonds is 16. The Kier molecular flexibility index (Phi) is 14.5. The van der Waals surface area contributed by atoms with Gasteiger partial charge in [-0.25, -0.2) is 14.0 Å². The molecule has 4 nitrogen and oxygen atoms in total. The highest BCUT2D eigenvalue weighted by molar-refractivity contribution is 7.78. The number of benzene rings is 1. The van der Waals surface area contributed by atoms with Gasteiger partial charge in [-0.15, -0.1) is 0 Å². The third kappa shape index (κ3) is 10.5. The number of nitrogens with zero attached hydrogens (tertiary/aromatic N) is 3. The van der Waals surface area contributed by atoms with E-state index >= 15 is 0 Å². The van der Waals surface area contributed by atoms with Crippen LogP contribution in [-0.4, -0.2) is 30.6 Å². The first-order chi connectivity index (χ1) is 16.7. The number of hydrogen-bond acceptors (Lipinski definition) is 7. The van der Waals surface area contributed by atoms with Crippen molar-refractivity contribution >= 4 is 60.7 Å². The maximum Gasteiger partial charge on any atom is 0.461 e. The monoisotopic (exact) mass is 531 g/mol. The predicted molar refractivity (Wildman–Crippen MR) is 155 cm³/mol. The molecule has 0 bridgehead atoms. The first kappa shape index (κ1) is 28.9. The summed E-state index contributed by atoms with van der Waals surface area (Å²) in [4.78, 5) is 0. The second-order valence-electron chi connectivity index (χ2n) is 9.18. The van der Waals surface area contributed by atoms with E-state index in [0.29, 0.717) is 25.0 Å². The van der Waals surface area contributed by atoms with Gasteiger partial charge >= 0.3 is 8.56 Å². The van der Waals surface area contributed by atoms with Crippen LogP contribution >= 0.6 is 36.7 Å². The maximum absolute atomic E-state index is 5.93. The molecule has 0 amide bonds. The lowest BCUT2D eigenvalue weighted by atomic mass is 9.77. The largest absolute Gasteiger partial charge is 0.494 e. The number of unbranched alkanes of at least 4 members (excludes halogenated alkanes) is 5. The summed E-state index contributed by atoms with van der Waals surface area (Å²) in [5, 5.41) is 7.10. The normalized spacial score (nSPS) is 19.1. The van der Waals surface area contributed by atoms with E-state index in [1.54, 1.807) is 0 Å². The standard InChI is InChI=1S/C26H37N3OS3Si/c1-2-3-4-5-6-7-9-23-10-12-24(13-11-23)25-14-16-26(17-15-25)30-18-8-19-34(27-20-31,28-21-32)29-22-33/h14-17,23-24H,2-13,18-19H2,1H3. The van der Waals surface area contributed by atoms with E-state index in [9.17, 15) is 0 Å². The molecule has 8 heteroatoms. The van der Waals surface area contributed by atoms with E-state index in [2.05, 4.69) is 60.6 Å². The van der Waals surface area contributed by atoms with Crippen LogP contribution in [0.25, 0.3) is 0 Å². The summed E-state index contributed by atoms with van der Waals surface area (Å²) >= 11 is 14.2. The Balaban J connectivity index is 1.72. The van der Waals surface area contributed by atoms with E-state index in [4.69, 9.17) is 41.4 Å². The molecule has 0 heterocycles. The zero-order chi connectivity index (χ0) is 24.5. The van der Waals surface area contributed by atoms with Gasteiger partial charge in [0.15, 0.2) is 0 Å². The molecule has 2 rings (SSSR count). The molecular formula is C26H37N3OS3Si. The van der Waals surface area contributed by atoms with Crippen LogP contribution in [0.2, 0.25) is 6.04 Å². The molecule has 1 saturated carbocycles. The Morgan fingerprint density at radius 1 is 0.824 bits per heavy atom. The molecule has 1 aromatic carbocycles. The summed E-state index contributed by atoms with van der Waals surface area (Å²) in [5.74, 6) is 2.50. The van der Waals surface area contributed by atoms with Crippen LogP contribution in [0.1, 0.15) is 95.5 Å². The van der Waals surface area contributed by atoms with Crippen LogP contribution in [0, 0.1) is 5.92 Å². The minimum Gasteiger partial charge on any atom is -0.494 e. The summed E-state index contributed by atoms with van der Waals surface area (Å²) in [6.45, 7) is 2.81. The van der Waals surface area contributed by atoms with E-state index in [0.717, 1.165) is 11.7 Å². The van der Waals surface area contributed by atoms with Crippen LogP contribution in [0.4, 0.5) is 0 Å². The number of thiocarbonyl (C=S) groups is 3. The molecule has 0 aromatic heterocycles. The van der Waals surface area contributed by atoms with Crippen LogP contribution < -0.4 is 4.74 Å². The van der Waals surface area contributed by atoms with Crippen molar-refractivity contribution in [2.75, 3.05) is 6.61 Å². The van der Waals surface area contributed by atoms with Gasteiger partial charge in [-0.3, -0.25) is 0 Å². The van der Waals surface area contributed by atoms with Crippen LogP contribution in [0.3, 0.4) is 0 Å². The average molecular weight is 532 g/mol. The van der Waals surface area contributed by atoms with Gasteiger partial charge in [0.05, 0.1) is 22.1 Å². The first-order valence-corrected chi connectivity index (χ1v) is 15.9. The highest BCUT2D eigenvalue weighted by atomic mass is 32.1. The number of isothiocyanates is 3. The minimum absolute atomic E-state index is 0.532. The second kappa shape index (κ2) is 17.1. The Labute approximate surface area is 222 Å². The van der Waals surface area contributed by atoms with Gasteiger partial charge in [-0.2, -0.15) is 0 Å². The minimum atomic E-state index is -2.84. The van der Waals surface area contributed by atoms with Crippen LogP contribution in [0.5, 0.6) is 5.75 Å². The quantitative estimate of drug-likeness (QED) is 0.0926. The van der Waals surface area contributed by atoms with Crippen molar-refractivity contribution in [1.29, 1.82) is 0 Å². The lowest BCUT2D eigenvalue weighted by Gasteiger charge is -2.29. The Bertz CT molecular complexity index is 822. The molecular weight excluding hydrogens is 495 g/mol. The third-order valence-electron chi connectivity index (χ3n) is 6.76. The summed E-state index contributed by atoms with van der Waals surface area (Å²) in [6, 6.07) is 9.21. The van der Waals surface area contributed by atoms with Gasteiger partial charge in [-0.1, -0.05) is 64.0 Å². The van der Waals surface area contributed by atoms with Gasteiger partial charge in [0.2, 0.25) is 0 Å². The van der Waals surface area contributed by atoms with Crippen LogP contribution in [-0.2, 0) is 0 Å². The Morgan fingerprint density at radius 2 is 1.41 bits per heavy atom. The van der Waals surface area contributed by atoms with Crippen molar-refractivity contribution in [3.05, 3.63) is 29.8 Å². The van der Waals surface area contributed by atoms with Gasteiger partial charge in [0, 0.05) is 6.04 Å². The zero-order valence-electron chi connectivity index (χ0n) is 20.3. The highest BCUT2D eigenvalue weighted by Gasteiger charge is 2.34. The van der Waals surface area contributed by atoms with Crippen molar-refractivity contribution in [2.45, 2.75) is 95.9 Å². The summed E-state index contributed by atoms with van der Waals surface area (Å²) in [6.07, 6.45) is 15.9. The van der Waals surface area contributed by atoms with Gasteiger partial charge in [0.25, 0.3) is 0 Å². The molecule has 1 aliphatic rings. The van der Waals surface area contributed by atoms with Gasteiger partial charge < -0.3 is 4.74 Å². The predicted octanol–water partition coefficient (Wildman–Crippen LogP) is 8.73. The van der Waals surface area contributed by atoms with Crippen molar-refractivity contribution in [3.63, 3.8) is 0 Å². The summed E-state index contributed by atoms with van der Waals surface area (Å²) < 4.78 is 18.3. The highest BCUT2D eigenvalue weighted by Crippen LogP contribution is 2.38. The molecule has 1 fully saturated rings. The van der Waals surface area contributed by atoms with Crippen molar-refractivity contribution in [3.8, 4) is 5.75 Å². The van der Waals surface area contributed by atoms with Crippen molar-refractivity contribution < 1.29 is 4.74 Å². The molecule has 184 valence electrons. The van der Waals surface area contributed by atoms with Gasteiger partial charge in [0.1, 0.15) is 5.75 Å². The zero-order valence-corrected chi connectivity index (χ0v) is 23.8. The fraction of sp³-hybridized carbons (Fsp3) is 0.654. The smallest absolute Gasteiger partial charge is 0.461 e. The van der Waals surface area contributed by atoms with Gasteiger partial charge in [-0.05, 0) is 98.3 Å². The molecule has 1 aliphatic carbocycles. The molecule has 1 aromatic rings. The maximum atomic E-state index is 5.93. The first-order valence-electron chi connectivity index (χ1n) is 12.7. The molecule has 0 unspecified atom stereocenters. The van der Waals surface area contributed by atoms with E-state index in [-0.39, 0.29) is 0 Å². The van der Waals surface area contributed by atoms with E-state index < -0.39 is 8.56 Å². The number of ether oxygens (including phenoxy) is 1. The SMILES string of the molecule is CCCCCCCCC1CCC(c2ccc(OCCC[Si](N=C=S)(N=C=S)N=C=S)cc2)CC1. The fourth-order valence-corrected chi connectivity index (χ4v) is 7.65. The molecule has 0 spiro atoms. The molecule has 0 atom stereocenters. The molecule has 0 aliphatic heterocycles. The summed E-state index contributed by atoms with van der Waals surface area (Å²) in [7, 11) is -2.84. The Morgan fingerprint density at radius 3 is 2.00 bits per heavy atom. The van der Waals surface area contributed by atoms with Crippen molar-refractivity contribution in [1.82, 2.24) is 0 Å². The fourth-order valence-electron chi connectivity index (χ4n) is 4.80. The lowest BCUT2D eigenvalue weighted by molar-refractivity contribution is 0.301. The van der Waals surface area contributed by atoms with Crippen molar-refractivity contribution in [2.24, 2.45) is 19.9 Å². The number of hydrogen-bond donors (Lipinski definition) is 0. The lowest BCUT2D eigenvalue weighted by Crippen LogP contribution is -2.28. The molecule has 0 radical (unpaired) electrons. The molecule has 0 N–H and O–H groups in total. The van der Waals surface area contributed by atoms with E-state index in [1.165, 1.54) is 76.2 Å². The Hall–Kier alpha value is -1.36.